The highest BCUT2D eigenvalue weighted by atomic mass is 33.2. The molecular formula is C5H10O7S4. The van der Waals surface area contributed by atoms with E-state index in [1.54, 1.807) is 0 Å². The predicted molar refractivity (Wildman–Crippen MR) is 61.3 cm³/mol. The van der Waals surface area contributed by atoms with E-state index in [2.05, 4.69) is 0 Å². The number of hydrogen-bond acceptors (Lipinski definition) is 7. The Morgan fingerprint density at radius 2 is 1.38 bits per heavy atom. The SMILES string of the molecule is O=S(=O)(O)SCC1(CSS(=O)(=O)O)COC1. The van der Waals surface area contributed by atoms with Crippen LogP contribution >= 0.6 is 21.6 Å². The minimum Gasteiger partial charge on any atom is -0.380 e. The third-order valence-corrected chi connectivity index (χ3v) is 6.40. The van der Waals surface area contributed by atoms with E-state index in [4.69, 9.17) is 13.8 Å². The van der Waals surface area contributed by atoms with Crippen molar-refractivity contribution in [1.82, 2.24) is 0 Å². The van der Waals surface area contributed by atoms with Crippen LogP contribution in [-0.4, -0.2) is 50.7 Å². The van der Waals surface area contributed by atoms with Crippen LogP contribution in [0.1, 0.15) is 0 Å². The van der Waals surface area contributed by atoms with Crippen LogP contribution in [0.15, 0.2) is 0 Å². The van der Waals surface area contributed by atoms with Crippen LogP contribution in [0.2, 0.25) is 0 Å². The summed E-state index contributed by atoms with van der Waals surface area (Å²) in [6.07, 6.45) is 0. The molecule has 1 fully saturated rings. The molecule has 1 aliphatic rings. The highest BCUT2D eigenvalue weighted by Gasteiger charge is 2.41. The van der Waals surface area contributed by atoms with Gasteiger partial charge < -0.3 is 4.74 Å². The molecule has 0 atom stereocenters. The topological polar surface area (TPSA) is 118 Å². The van der Waals surface area contributed by atoms with Gasteiger partial charge in [0.05, 0.1) is 13.2 Å². The number of ether oxygens (including phenoxy) is 1. The van der Waals surface area contributed by atoms with Crippen molar-refractivity contribution in [2.75, 3.05) is 24.7 Å². The molecule has 0 aromatic carbocycles. The molecule has 0 unspecified atom stereocenters. The van der Waals surface area contributed by atoms with Gasteiger partial charge in [-0.1, -0.05) is 0 Å². The van der Waals surface area contributed by atoms with Gasteiger partial charge in [-0.15, -0.1) is 0 Å². The second-order valence-corrected chi connectivity index (χ2v) is 10.1. The minimum atomic E-state index is -4.15. The zero-order valence-electron chi connectivity index (χ0n) is 7.90. The molecule has 11 heteroatoms. The zero-order chi connectivity index (χ0) is 12.4. The van der Waals surface area contributed by atoms with Crippen molar-refractivity contribution in [2.45, 2.75) is 0 Å². The molecule has 96 valence electrons. The Hall–Kier alpha value is 0.480. The molecule has 0 saturated carbocycles. The highest BCUT2D eigenvalue weighted by molar-refractivity contribution is 8.70. The van der Waals surface area contributed by atoms with Crippen molar-refractivity contribution in [3.8, 4) is 0 Å². The first-order valence-corrected chi connectivity index (χ1v) is 9.82. The van der Waals surface area contributed by atoms with Crippen LogP contribution in [-0.2, 0) is 23.0 Å². The van der Waals surface area contributed by atoms with E-state index in [0.29, 0.717) is 21.6 Å². The van der Waals surface area contributed by atoms with E-state index >= 15 is 0 Å². The largest absolute Gasteiger partial charge is 0.380 e. The summed E-state index contributed by atoms with van der Waals surface area (Å²) < 4.78 is 64.1. The third kappa shape index (κ3) is 5.21. The quantitative estimate of drug-likeness (QED) is 0.519. The Balaban J connectivity index is 2.51. The van der Waals surface area contributed by atoms with E-state index in [1.165, 1.54) is 0 Å². The van der Waals surface area contributed by atoms with E-state index in [-0.39, 0.29) is 24.7 Å². The molecule has 0 aliphatic carbocycles. The maximum absolute atomic E-state index is 10.5. The summed E-state index contributed by atoms with van der Waals surface area (Å²) in [6.45, 7) is 0.413. The normalized spacial score (nSPS) is 20.4. The summed E-state index contributed by atoms with van der Waals surface area (Å²) in [4.78, 5) is 0. The second-order valence-electron chi connectivity index (χ2n) is 3.37. The van der Waals surface area contributed by atoms with E-state index < -0.39 is 23.7 Å². The first-order valence-electron chi connectivity index (χ1n) is 3.93. The molecule has 0 spiro atoms. The molecule has 1 aliphatic heterocycles. The van der Waals surface area contributed by atoms with Crippen molar-refractivity contribution in [1.29, 1.82) is 0 Å². The summed E-state index contributed by atoms with van der Waals surface area (Å²) in [5.41, 5.74) is -0.638. The van der Waals surface area contributed by atoms with Crippen LogP contribution < -0.4 is 0 Å². The van der Waals surface area contributed by atoms with Crippen LogP contribution in [0.4, 0.5) is 0 Å². The molecule has 0 bridgehead atoms. The van der Waals surface area contributed by atoms with Crippen molar-refractivity contribution in [3.63, 3.8) is 0 Å². The molecule has 16 heavy (non-hydrogen) atoms. The lowest BCUT2D eigenvalue weighted by Crippen LogP contribution is -2.47. The maximum atomic E-state index is 10.5. The van der Waals surface area contributed by atoms with Crippen LogP contribution in [0.5, 0.6) is 0 Å². The van der Waals surface area contributed by atoms with Crippen LogP contribution in [0.3, 0.4) is 0 Å². The third-order valence-electron chi connectivity index (χ3n) is 1.84. The molecule has 0 amide bonds. The van der Waals surface area contributed by atoms with Crippen molar-refractivity contribution in [3.05, 3.63) is 0 Å². The maximum Gasteiger partial charge on any atom is 0.319 e. The van der Waals surface area contributed by atoms with Gasteiger partial charge in [-0.3, -0.25) is 9.11 Å². The van der Waals surface area contributed by atoms with Crippen LogP contribution in [0.25, 0.3) is 0 Å². The summed E-state index contributed by atoms with van der Waals surface area (Å²) in [5, 5.41) is 0. The van der Waals surface area contributed by atoms with Gasteiger partial charge in [-0.05, 0) is 21.6 Å². The fraction of sp³-hybridized carbons (Fsp3) is 1.00. The smallest absolute Gasteiger partial charge is 0.319 e. The van der Waals surface area contributed by atoms with Gasteiger partial charge in [0.25, 0.3) is 0 Å². The molecule has 0 aromatic rings. The highest BCUT2D eigenvalue weighted by Crippen LogP contribution is 2.37. The van der Waals surface area contributed by atoms with Crippen LogP contribution in [0, 0.1) is 5.41 Å². The molecule has 7 nitrogen and oxygen atoms in total. The molecule has 0 radical (unpaired) electrons. The summed E-state index contributed by atoms with van der Waals surface area (Å²) >= 11 is 0. The molecule has 1 heterocycles. The molecule has 2 N–H and O–H groups in total. The molecular weight excluding hydrogens is 300 g/mol. The zero-order valence-corrected chi connectivity index (χ0v) is 11.2. The van der Waals surface area contributed by atoms with Crippen molar-refractivity contribution in [2.24, 2.45) is 5.41 Å². The Kier molecular flexibility index (Phi) is 4.54. The average Bonchev–Trinajstić information content (AvgIpc) is 1.97. The van der Waals surface area contributed by atoms with Gasteiger partial charge in [0.2, 0.25) is 0 Å². The fourth-order valence-electron chi connectivity index (χ4n) is 0.998. The fourth-order valence-corrected chi connectivity index (χ4v) is 4.86. The second kappa shape index (κ2) is 5.00. The van der Waals surface area contributed by atoms with Gasteiger partial charge in [0.1, 0.15) is 0 Å². The molecule has 0 aromatic heterocycles. The van der Waals surface area contributed by atoms with Gasteiger partial charge in [-0.2, -0.15) is 16.8 Å². The minimum absolute atomic E-state index is 0.0222. The van der Waals surface area contributed by atoms with E-state index in [0.717, 1.165) is 0 Å². The number of rotatable bonds is 6. The Labute approximate surface area is 101 Å². The van der Waals surface area contributed by atoms with Crippen molar-refractivity contribution >= 4 is 39.9 Å². The first-order chi connectivity index (χ1) is 7.12. The summed E-state index contributed by atoms with van der Waals surface area (Å²) in [5.74, 6) is 0.0444. The average molecular weight is 310 g/mol. The lowest BCUT2D eigenvalue weighted by atomic mass is 9.91. The lowest BCUT2D eigenvalue weighted by Gasteiger charge is -2.40. The van der Waals surface area contributed by atoms with Gasteiger partial charge in [-0.25, -0.2) is 0 Å². The molecule has 1 rings (SSSR count). The van der Waals surface area contributed by atoms with Gasteiger partial charge in [0, 0.05) is 16.9 Å². The predicted octanol–water partition coefficient (Wildman–Crippen LogP) is 0.0750. The lowest BCUT2D eigenvalue weighted by molar-refractivity contribution is -0.0827. The van der Waals surface area contributed by atoms with E-state index in [9.17, 15) is 16.8 Å². The Morgan fingerprint density at radius 3 is 1.56 bits per heavy atom. The molecule has 1 saturated heterocycles. The first kappa shape index (κ1) is 14.5. The Bertz CT molecular complexity index is 395. The van der Waals surface area contributed by atoms with Crippen molar-refractivity contribution < 1.29 is 30.7 Å². The standard InChI is InChI=1S/C5H10O7S4/c6-15(7,8)13-3-5(1-12-2-5)4-14-16(9,10)11/h1-4H2,(H,6,7,8)(H,9,10,11). The number of hydrogen-bond donors (Lipinski definition) is 2. The van der Waals surface area contributed by atoms with E-state index in [1.807, 2.05) is 0 Å². The van der Waals surface area contributed by atoms with Gasteiger partial charge >= 0.3 is 18.3 Å². The Morgan fingerprint density at radius 1 is 1.00 bits per heavy atom. The van der Waals surface area contributed by atoms with Gasteiger partial charge in [0.15, 0.2) is 0 Å². The monoisotopic (exact) mass is 310 g/mol. The summed E-state index contributed by atoms with van der Waals surface area (Å²) in [6, 6.07) is 0. The summed E-state index contributed by atoms with van der Waals surface area (Å²) in [7, 11) is -7.64.